The third kappa shape index (κ3) is 2.16. The minimum Gasteiger partial charge on any atom is -0.365 e. The summed E-state index contributed by atoms with van der Waals surface area (Å²) in [7, 11) is 0. The molecule has 3 rings (SSSR count). The van der Waals surface area contributed by atoms with E-state index in [9.17, 15) is 0 Å². The number of fused-ring (bicyclic) bond motifs is 2. The minimum absolute atomic E-state index is 0.416. The summed E-state index contributed by atoms with van der Waals surface area (Å²) in [5.74, 6) is 0. The molecular formula is C15H21IN2. The van der Waals surface area contributed by atoms with Crippen molar-refractivity contribution >= 4 is 28.3 Å². The summed E-state index contributed by atoms with van der Waals surface area (Å²) < 4.78 is 1.37. The average Bonchev–Trinajstić information content (AvgIpc) is 2.32. The number of rotatable bonds is 1. The number of hydrogen-bond donors (Lipinski definition) is 1. The third-order valence-electron chi connectivity index (χ3n) is 4.53. The van der Waals surface area contributed by atoms with Crippen molar-refractivity contribution in [2.75, 3.05) is 4.90 Å². The Kier molecular flexibility index (Phi) is 3.54. The SMILES string of the molecule is Cc1c(I)cccc1N1C2CCCC1CC(N)C2. The Morgan fingerprint density at radius 1 is 1.22 bits per heavy atom. The van der Waals surface area contributed by atoms with E-state index in [1.807, 2.05) is 0 Å². The van der Waals surface area contributed by atoms with Crippen LogP contribution in [-0.4, -0.2) is 18.1 Å². The van der Waals surface area contributed by atoms with Gasteiger partial charge in [-0.1, -0.05) is 6.07 Å². The van der Waals surface area contributed by atoms with Gasteiger partial charge in [0.25, 0.3) is 0 Å². The van der Waals surface area contributed by atoms with Gasteiger partial charge < -0.3 is 10.6 Å². The van der Waals surface area contributed by atoms with Crippen LogP contribution in [0.25, 0.3) is 0 Å². The number of halogens is 1. The fourth-order valence-corrected chi connectivity index (χ4v) is 4.18. The van der Waals surface area contributed by atoms with Crippen LogP contribution in [0.4, 0.5) is 5.69 Å². The molecule has 2 aliphatic rings. The number of nitrogens with two attached hydrogens (primary N) is 1. The molecule has 2 bridgehead atoms. The molecule has 1 aromatic carbocycles. The van der Waals surface area contributed by atoms with Crippen LogP contribution in [0.3, 0.4) is 0 Å². The predicted molar refractivity (Wildman–Crippen MR) is 85.0 cm³/mol. The summed E-state index contributed by atoms with van der Waals surface area (Å²) in [6.07, 6.45) is 6.34. The van der Waals surface area contributed by atoms with Crippen LogP contribution in [0.5, 0.6) is 0 Å². The van der Waals surface area contributed by atoms with E-state index in [4.69, 9.17) is 5.73 Å². The molecule has 3 heteroatoms. The molecule has 2 aliphatic heterocycles. The first-order chi connectivity index (χ1) is 8.66. The molecular weight excluding hydrogens is 335 g/mol. The second-order valence-electron chi connectivity index (χ2n) is 5.76. The van der Waals surface area contributed by atoms with Crippen LogP contribution in [0.1, 0.15) is 37.7 Å². The summed E-state index contributed by atoms with van der Waals surface area (Å²) in [5.41, 5.74) is 9.09. The largest absolute Gasteiger partial charge is 0.365 e. The molecule has 0 amide bonds. The Hall–Kier alpha value is -0.290. The van der Waals surface area contributed by atoms with Gasteiger partial charge in [0.15, 0.2) is 0 Å². The van der Waals surface area contributed by atoms with Gasteiger partial charge in [0.1, 0.15) is 0 Å². The lowest BCUT2D eigenvalue weighted by molar-refractivity contribution is 0.271. The molecule has 2 heterocycles. The summed E-state index contributed by atoms with van der Waals surface area (Å²) in [5, 5.41) is 0. The van der Waals surface area contributed by atoms with E-state index >= 15 is 0 Å². The Labute approximate surface area is 123 Å². The van der Waals surface area contributed by atoms with Gasteiger partial charge in [-0.15, -0.1) is 0 Å². The highest BCUT2D eigenvalue weighted by Crippen LogP contribution is 2.39. The average molecular weight is 356 g/mol. The zero-order chi connectivity index (χ0) is 12.7. The molecule has 2 nitrogen and oxygen atoms in total. The monoisotopic (exact) mass is 356 g/mol. The van der Waals surface area contributed by atoms with Gasteiger partial charge in [-0.3, -0.25) is 0 Å². The number of hydrogen-bond acceptors (Lipinski definition) is 2. The normalized spacial score (nSPS) is 31.5. The van der Waals surface area contributed by atoms with Crippen molar-refractivity contribution < 1.29 is 0 Å². The minimum atomic E-state index is 0.416. The molecule has 0 saturated carbocycles. The molecule has 0 aliphatic carbocycles. The molecule has 2 atom stereocenters. The first-order valence-corrected chi connectivity index (χ1v) is 8.03. The zero-order valence-corrected chi connectivity index (χ0v) is 13.1. The molecule has 0 radical (unpaired) electrons. The summed E-state index contributed by atoms with van der Waals surface area (Å²) in [4.78, 5) is 2.68. The standard InChI is InChI=1S/C15H21IN2/c1-10-14(16)6-3-7-15(10)18-12-4-2-5-13(18)9-11(17)8-12/h3,6-7,11-13H,2,4-5,8-9,17H2,1H3. The van der Waals surface area contributed by atoms with E-state index in [1.165, 1.54) is 46.9 Å². The second kappa shape index (κ2) is 5.00. The van der Waals surface area contributed by atoms with Crippen LogP contribution >= 0.6 is 22.6 Å². The summed E-state index contributed by atoms with van der Waals surface area (Å²) in [6, 6.07) is 8.44. The van der Waals surface area contributed by atoms with Gasteiger partial charge >= 0.3 is 0 Å². The van der Waals surface area contributed by atoms with Gasteiger partial charge in [0.05, 0.1) is 0 Å². The fraction of sp³-hybridized carbons (Fsp3) is 0.600. The van der Waals surface area contributed by atoms with E-state index in [2.05, 4.69) is 52.6 Å². The highest BCUT2D eigenvalue weighted by atomic mass is 127. The molecule has 1 aromatic rings. The van der Waals surface area contributed by atoms with Crippen molar-refractivity contribution in [2.45, 2.75) is 57.2 Å². The van der Waals surface area contributed by atoms with Gasteiger partial charge in [0, 0.05) is 27.4 Å². The lowest BCUT2D eigenvalue weighted by Gasteiger charge is -2.50. The van der Waals surface area contributed by atoms with Crippen molar-refractivity contribution in [1.29, 1.82) is 0 Å². The number of benzene rings is 1. The molecule has 0 aromatic heterocycles. The maximum Gasteiger partial charge on any atom is 0.0411 e. The number of nitrogens with zero attached hydrogens (tertiary/aromatic N) is 1. The highest BCUT2D eigenvalue weighted by molar-refractivity contribution is 14.1. The lowest BCUT2D eigenvalue weighted by Crippen LogP contribution is -2.55. The Morgan fingerprint density at radius 2 is 1.89 bits per heavy atom. The molecule has 0 spiro atoms. The maximum atomic E-state index is 6.21. The van der Waals surface area contributed by atoms with Crippen LogP contribution in [0.15, 0.2) is 18.2 Å². The van der Waals surface area contributed by atoms with Gasteiger partial charge in [-0.2, -0.15) is 0 Å². The Morgan fingerprint density at radius 3 is 2.56 bits per heavy atom. The smallest absolute Gasteiger partial charge is 0.0411 e. The van der Waals surface area contributed by atoms with Crippen LogP contribution in [-0.2, 0) is 0 Å². The van der Waals surface area contributed by atoms with Crippen molar-refractivity contribution in [3.8, 4) is 0 Å². The second-order valence-corrected chi connectivity index (χ2v) is 6.92. The summed E-state index contributed by atoms with van der Waals surface area (Å²) in [6.45, 7) is 2.25. The maximum absolute atomic E-state index is 6.21. The number of piperidine rings is 2. The van der Waals surface area contributed by atoms with Gasteiger partial charge in [-0.05, 0) is 79.3 Å². The van der Waals surface area contributed by atoms with Crippen molar-refractivity contribution in [3.05, 3.63) is 27.3 Å². The Bertz CT molecular complexity index is 432. The first-order valence-electron chi connectivity index (χ1n) is 6.96. The third-order valence-corrected chi connectivity index (χ3v) is 5.70. The van der Waals surface area contributed by atoms with E-state index in [0.717, 1.165) is 0 Å². The van der Waals surface area contributed by atoms with E-state index in [1.54, 1.807) is 0 Å². The number of anilines is 1. The fourth-order valence-electron chi connectivity index (χ4n) is 3.69. The molecule has 2 fully saturated rings. The van der Waals surface area contributed by atoms with E-state index in [0.29, 0.717) is 18.1 Å². The molecule has 2 saturated heterocycles. The molecule has 2 unspecified atom stereocenters. The van der Waals surface area contributed by atoms with Crippen LogP contribution in [0, 0.1) is 10.5 Å². The quantitative estimate of drug-likeness (QED) is 0.781. The topological polar surface area (TPSA) is 29.3 Å². The molecule has 98 valence electrons. The van der Waals surface area contributed by atoms with Crippen molar-refractivity contribution in [2.24, 2.45) is 5.73 Å². The lowest BCUT2D eigenvalue weighted by atomic mass is 9.81. The van der Waals surface area contributed by atoms with Crippen LogP contribution in [0.2, 0.25) is 0 Å². The molecule has 2 N–H and O–H groups in total. The van der Waals surface area contributed by atoms with Crippen molar-refractivity contribution in [3.63, 3.8) is 0 Å². The van der Waals surface area contributed by atoms with E-state index in [-0.39, 0.29) is 0 Å². The first kappa shape index (κ1) is 12.7. The van der Waals surface area contributed by atoms with Gasteiger partial charge in [0.2, 0.25) is 0 Å². The van der Waals surface area contributed by atoms with Crippen molar-refractivity contribution in [1.82, 2.24) is 0 Å². The summed E-state index contributed by atoms with van der Waals surface area (Å²) >= 11 is 2.44. The highest BCUT2D eigenvalue weighted by Gasteiger charge is 2.37. The zero-order valence-electron chi connectivity index (χ0n) is 10.9. The van der Waals surface area contributed by atoms with Gasteiger partial charge in [-0.25, -0.2) is 0 Å². The molecule has 18 heavy (non-hydrogen) atoms. The Balaban J connectivity index is 1.98. The van der Waals surface area contributed by atoms with E-state index < -0.39 is 0 Å². The van der Waals surface area contributed by atoms with Crippen LogP contribution < -0.4 is 10.6 Å². The predicted octanol–water partition coefficient (Wildman–Crippen LogP) is 3.45.